The number of aromatic nitrogens is 2. The first kappa shape index (κ1) is 27.2. The summed E-state index contributed by atoms with van der Waals surface area (Å²) in [5.41, 5.74) is 5.10. The molecule has 8 nitrogen and oxygen atoms in total. The molecule has 208 valence electrons. The van der Waals surface area contributed by atoms with Crippen molar-refractivity contribution in [3.05, 3.63) is 54.5 Å². The largest absolute Gasteiger partial charge is 0.381 e. The highest BCUT2D eigenvalue weighted by molar-refractivity contribution is 5.89. The Bertz CT molecular complexity index is 1300. The molecule has 0 aliphatic carbocycles. The van der Waals surface area contributed by atoms with Crippen LogP contribution >= 0.6 is 0 Å². The number of amides is 2. The first-order chi connectivity index (χ1) is 18.9. The van der Waals surface area contributed by atoms with Crippen LogP contribution in [-0.4, -0.2) is 66.0 Å². The highest BCUT2D eigenvalue weighted by Crippen LogP contribution is 2.35. The number of hydrogen-bond acceptors (Lipinski definition) is 5. The smallest absolute Gasteiger partial charge is 0.246 e. The number of benzene rings is 1. The number of carbonyl (C=O) groups is 2. The molecule has 8 heteroatoms. The standard InChI is InChI=1S/C31H41N5O3/c1-5-21(2)30(37)33-28(23-14-18-39-19-15-23)31(38)36-17-7-9-27(36)26-20-35-16-6-8-25(29(35)32-26)22-10-12-24(13-11-22)34(3)4/h6,8,10-13,16,20-21,23,27-28H,5,7,9,14-15,17-19H2,1-4H3,(H,33,37)/t21-,27+,28+/m1/s1. The van der Waals surface area contributed by atoms with E-state index in [1.807, 2.05) is 45.1 Å². The van der Waals surface area contributed by atoms with Crippen molar-refractivity contribution in [2.24, 2.45) is 11.8 Å². The molecule has 0 bridgehead atoms. The second-order valence-electron chi connectivity index (χ2n) is 11.2. The molecule has 0 unspecified atom stereocenters. The molecular formula is C31H41N5O3. The molecule has 3 atom stereocenters. The maximum Gasteiger partial charge on any atom is 0.246 e. The van der Waals surface area contributed by atoms with Gasteiger partial charge in [0, 0.05) is 63.4 Å². The molecule has 39 heavy (non-hydrogen) atoms. The maximum atomic E-state index is 14.1. The van der Waals surface area contributed by atoms with Crippen LogP contribution in [0.25, 0.3) is 16.8 Å². The van der Waals surface area contributed by atoms with Crippen LogP contribution in [0.1, 0.15) is 57.7 Å². The normalized spacial score (nSPS) is 19.7. The molecule has 2 fully saturated rings. The molecule has 2 saturated heterocycles. The van der Waals surface area contributed by atoms with E-state index in [2.05, 4.69) is 51.1 Å². The van der Waals surface area contributed by atoms with E-state index in [1.54, 1.807) is 0 Å². The number of nitrogens with one attached hydrogen (secondary N) is 1. The fourth-order valence-corrected chi connectivity index (χ4v) is 5.78. The minimum atomic E-state index is -0.529. The van der Waals surface area contributed by atoms with Crippen LogP contribution in [0.15, 0.2) is 48.8 Å². The predicted octanol–water partition coefficient (Wildman–Crippen LogP) is 4.69. The van der Waals surface area contributed by atoms with Crippen molar-refractivity contribution < 1.29 is 14.3 Å². The van der Waals surface area contributed by atoms with Gasteiger partial charge in [-0.1, -0.05) is 26.0 Å². The minimum absolute atomic E-state index is 0.0117. The molecule has 2 aliphatic heterocycles. The van der Waals surface area contributed by atoms with Crippen LogP contribution in [-0.2, 0) is 14.3 Å². The minimum Gasteiger partial charge on any atom is -0.381 e. The van der Waals surface area contributed by atoms with Gasteiger partial charge < -0.3 is 24.3 Å². The summed E-state index contributed by atoms with van der Waals surface area (Å²) in [6, 6.07) is 12.0. The summed E-state index contributed by atoms with van der Waals surface area (Å²) in [6.45, 7) is 5.85. The van der Waals surface area contributed by atoms with Crippen molar-refractivity contribution in [3.8, 4) is 11.1 Å². The van der Waals surface area contributed by atoms with Crippen molar-refractivity contribution >= 4 is 23.1 Å². The zero-order valence-corrected chi connectivity index (χ0v) is 23.6. The van der Waals surface area contributed by atoms with E-state index in [-0.39, 0.29) is 29.7 Å². The Morgan fingerprint density at radius 1 is 1.13 bits per heavy atom. The summed E-state index contributed by atoms with van der Waals surface area (Å²) in [5.74, 6) is -0.0789. The van der Waals surface area contributed by atoms with E-state index >= 15 is 0 Å². The summed E-state index contributed by atoms with van der Waals surface area (Å²) in [6.07, 6.45) is 8.16. The van der Waals surface area contributed by atoms with Crippen LogP contribution in [0.3, 0.4) is 0 Å². The Hall–Kier alpha value is -3.39. The Morgan fingerprint density at radius 3 is 2.56 bits per heavy atom. The molecule has 1 aromatic carbocycles. The summed E-state index contributed by atoms with van der Waals surface area (Å²) < 4.78 is 7.63. The lowest BCUT2D eigenvalue weighted by atomic mass is 9.90. The molecule has 2 aliphatic rings. The molecule has 0 spiro atoms. The fourth-order valence-electron chi connectivity index (χ4n) is 5.78. The van der Waals surface area contributed by atoms with Gasteiger partial charge in [-0.3, -0.25) is 9.59 Å². The van der Waals surface area contributed by atoms with E-state index in [0.29, 0.717) is 19.8 Å². The fraction of sp³-hybridized carbons (Fsp3) is 0.516. The van der Waals surface area contributed by atoms with Gasteiger partial charge in [-0.2, -0.15) is 0 Å². The average molecular weight is 532 g/mol. The summed E-state index contributed by atoms with van der Waals surface area (Å²) in [5, 5.41) is 3.14. The van der Waals surface area contributed by atoms with Gasteiger partial charge in [-0.05, 0) is 67.9 Å². The van der Waals surface area contributed by atoms with Gasteiger partial charge in [0.25, 0.3) is 0 Å². The van der Waals surface area contributed by atoms with Crippen molar-refractivity contribution in [2.75, 3.05) is 38.8 Å². The Morgan fingerprint density at radius 2 is 1.87 bits per heavy atom. The molecule has 0 radical (unpaired) electrons. The molecule has 3 aromatic rings. The van der Waals surface area contributed by atoms with Crippen molar-refractivity contribution in [1.29, 1.82) is 0 Å². The highest BCUT2D eigenvalue weighted by Gasteiger charge is 2.40. The zero-order chi connectivity index (χ0) is 27.5. The van der Waals surface area contributed by atoms with Crippen LogP contribution in [0, 0.1) is 11.8 Å². The molecular weight excluding hydrogens is 490 g/mol. The third-order valence-corrected chi connectivity index (χ3v) is 8.43. The van der Waals surface area contributed by atoms with Crippen molar-refractivity contribution in [3.63, 3.8) is 0 Å². The summed E-state index contributed by atoms with van der Waals surface area (Å²) in [4.78, 5) is 36.1. The first-order valence-electron chi connectivity index (χ1n) is 14.3. The average Bonchev–Trinajstić information content (AvgIpc) is 3.63. The number of hydrogen-bond donors (Lipinski definition) is 1. The van der Waals surface area contributed by atoms with Crippen molar-refractivity contribution in [2.45, 2.75) is 58.0 Å². The molecule has 1 N–H and O–H groups in total. The van der Waals surface area contributed by atoms with Gasteiger partial charge in [0.15, 0.2) is 0 Å². The van der Waals surface area contributed by atoms with Gasteiger partial charge in [0.2, 0.25) is 11.8 Å². The number of pyridine rings is 1. The summed E-state index contributed by atoms with van der Waals surface area (Å²) in [7, 11) is 4.07. The second kappa shape index (κ2) is 11.8. The van der Waals surface area contributed by atoms with Gasteiger partial charge in [0.1, 0.15) is 11.7 Å². The SMILES string of the molecule is CC[C@@H](C)C(=O)N[C@H](C(=O)N1CCC[C@H]1c1cn2cccc(-c3ccc(N(C)C)cc3)c2n1)C1CCOCC1. The Labute approximate surface area is 231 Å². The van der Waals surface area contributed by atoms with Gasteiger partial charge in [0.05, 0.1) is 11.7 Å². The third kappa shape index (κ3) is 5.66. The zero-order valence-electron chi connectivity index (χ0n) is 23.6. The molecule has 2 amide bonds. The second-order valence-corrected chi connectivity index (χ2v) is 11.2. The number of imidazole rings is 1. The van der Waals surface area contributed by atoms with Gasteiger partial charge in [-0.15, -0.1) is 0 Å². The van der Waals surface area contributed by atoms with Gasteiger partial charge in [-0.25, -0.2) is 4.98 Å². The molecule has 5 rings (SSSR count). The maximum absolute atomic E-state index is 14.1. The lowest BCUT2D eigenvalue weighted by Crippen LogP contribution is -2.54. The van der Waals surface area contributed by atoms with E-state index in [0.717, 1.165) is 60.3 Å². The predicted molar refractivity (Wildman–Crippen MR) is 154 cm³/mol. The number of rotatable bonds is 8. The monoisotopic (exact) mass is 531 g/mol. The number of nitrogens with zero attached hydrogens (tertiary/aromatic N) is 4. The number of carbonyl (C=O) groups excluding carboxylic acids is 2. The summed E-state index contributed by atoms with van der Waals surface area (Å²) >= 11 is 0. The third-order valence-electron chi connectivity index (χ3n) is 8.43. The number of fused-ring (bicyclic) bond motifs is 1. The number of ether oxygens (including phenoxy) is 1. The first-order valence-corrected chi connectivity index (χ1v) is 14.3. The van der Waals surface area contributed by atoms with Crippen LogP contribution < -0.4 is 10.2 Å². The van der Waals surface area contributed by atoms with Crippen LogP contribution in [0.2, 0.25) is 0 Å². The topological polar surface area (TPSA) is 79.2 Å². The molecule has 2 aromatic heterocycles. The van der Waals surface area contributed by atoms with E-state index in [9.17, 15) is 9.59 Å². The lowest BCUT2D eigenvalue weighted by Gasteiger charge is -2.35. The van der Waals surface area contributed by atoms with Crippen molar-refractivity contribution in [1.82, 2.24) is 19.6 Å². The lowest BCUT2D eigenvalue weighted by molar-refractivity contribution is -0.140. The Balaban J connectivity index is 1.43. The van der Waals surface area contributed by atoms with Crippen LogP contribution in [0.5, 0.6) is 0 Å². The molecule has 4 heterocycles. The highest BCUT2D eigenvalue weighted by atomic mass is 16.5. The quantitative estimate of drug-likeness (QED) is 0.456. The number of anilines is 1. The van der Waals surface area contributed by atoms with Crippen LogP contribution in [0.4, 0.5) is 5.69 Å². The number of likely N-dealkylation sites (tertiary alicyclic amines) is 1. The van der Waals surface area contributed by atoms with E-state index in [1.165, 1.54) is 0 Å². The van der Waals surface area contributed by atoms with E-state index < -0.39 is 6.04 Å². The van der Waals surface area contributed by atoms with Gasteiger partial charge >= 0.3 is 0 Å². The van der Waals surface area contributed by atoms with E-state index in [4.69, 9.17) is 9.72 Å². The Kier molecular flexibility index (Phi) is 8.21. The molecule has 0 saturated carbocycles.